The average molecular weight is 175 g/mol. The van der Waals surface area contributed by atoms with Crippen molar-refractivity contribution in [1.82, 2.24) is 5.32 Å². The third-order valence-corrected chi connectivity index (χ3v) is 3.12. The Morgan fingerprint density at radius 3 is 2.85 bits per heavy atom. The first-order valence-corrected chi connectivity index (χ1v) is 5.00. The van der Waals surface area contributed by atoms with Gasteiger partial charge in [0.05, 0.1) is 0 Å². The SMILES string of the molecule is Cc1ccc2c(c1C)CNC(C)C2. The number of nitrogens with one attached hydrogen (secondary N) is 1. The molecule has 1 atom stereocenters. The number of benzene rings is 1. The fraction of sp³-hybridized carbons (Fsp3) is 0.500. The van der Waals surface area contributed by atoms with Crippen LogP contribution in [0.3, 0.4) is 0 Å². The van der Waals surface area contributed by atoms with Crippen LogP contribution < -0.4 is 5.32 Å². The van der Waals surface area contributed by atoms with Crippen LogP contribution in [0, 0.1) is 13.8 Å². The molecule has 0 spiro atoms. The second-order valence-corrected chi connectivity index (χ2v) is 4.13. The average Bonchev–Trinajstić information content (AvgIpc) is 2.12. The van der Waals surface area contributed by atoms with E-state index < -0.39 is 0 Å². The lowest BCUT2D eigenvalue weighted by atomic mass is 9.91. The number of hydrogen-bond acceptors (Lipinski definition) is 1. The largest absolute Gasteiger partial charge is 0.310 e. The molecular weight excluding hydrogens is 158 g/mol. The second kappa shape index (κ2) is 3.15. The van der Waals surface area contributed by atoms with E-state index in [1.165, 1.54) is 28.7 Å². The Kier molecular flexibility index (Phi) is 2.12. The topological polar surface area (TPSA) is 12.0 Å². The van der Waals surface area contributed by atoms with Crippen LogP contribution in [-0.2, 0) is 13.0 Å². The lowest BCUT2D eigenvalue weighted by Crippen LogP contribution is -2.33. The molecule has 1 aliphatic rings. The molecule has 1 N–H and O–H groups in total. The lowest BCUT2D eigenvalue weighted by Gasteiger charge is -2.25. The van der Waals surface area contributed by atoms with Gasteiger partial charge in [-0.2, -0.15) is 0 Å². The highest BCUT2D eigenvalue weighted by Gasteiger charge is 2.15. The van der Waals surface area contributed by atoms with Crippen molar-refractivity contribution in [2.24, 2.45) is 0 Å². The van der Waals surface area contributed by atoms with Crippen LogP contribution in [0.15, 0.2) is 12.1 Å². The number of aryl methyl sites for hydroxylation is 1. The van der Waals surface area contributed by atoms with Gasteiger partial charge in [-0.25, -0.2) is 0 Å². The molecule has 1 nitrogen and oxygen atoms in total. The molecule has 1 aromatic carbocycles. The molecular formula is C12H17N. The second-order valence-electron chi connectivity index (χ2n) is 4.13. The third-order valence-electron chi connectivity index (χ3n) is 3.12. The molecule has 1 heterocycles. The Morgan fingerprint density at radius 2 is 2.08 bits per heavy atom. The quantitative estimate of drug-likeness (QED) is 0.638. The van der Waals surface area contributed by atoms with Gasteiger partial charge in [-0.3, -0.25) is 0 Å². The minimum absolute atomic E-state index is 0.634. The predicted octanol–water partition coefficient (Wildman–Crippen LogP) is 2.34. The van der Waals surface area contributed by atoms with Crippen LogP contribution in [0.1, 0.15) is 29.2 Å². The zero-order valence-electron chi connectivity index (χ0n) is 8.65. The molecule has 0 radical (unpaired) electrons. The first-order chi connectivity index (χ1) is 6.18. The zero-order chi connectivity index (χ0) is 9.42. The summed E-state index contributed by atoms with van der Waals surface area (Å²) >= 11 is 0. The van der Waals surface area contributed by atoms with E-state index in [0.717, 1.165) is 6.54 Å². The van der Waals surface area contributed by atoms with Crippen LogP contribution in [0.2, 0.25) is 0 Å². The van der Waals surface area contributed by atoms with Crippen molar-refractivity contribution < 1.29 is 0 Å². The number of hydrogen-bond donors (Lipinski definition) is 1. The molecule has 70 valence electrons. The first-order valence-electron chi connectivity index (χ1n) is 5.00. The van der Waals surface area contributed by atoms with E-state index in [1.54, 1.807) is 0 Å². The molecule has 1 heteroatoms. The van der Waals surface area contributed by atoms with Crippen LogP contribution in [0.4, 0.5) is 0 Å². The third kappa shape index (κ3) is 1.49. The highest BCUT2D eigenvalue weighted by molar-refractivity contribution is 5.41. The van der Waals surface area contributed by atoms with E-state index in [9.17, 15) is 0 Å². The van der Waals surface area contributed by atoms with E-state index >= 15 is 0 Å². The fourth-order valence-electron chi connectivity index (χ4n) is 2.05. The molecule has 0 saturated carbocycles. The molecule has 0 fully saturated rings. The highest BCUT2D eigenvalue weighted by Crippen LogP contribution is 2.22. The molecule has 0 bridgehead atoms. The maximum atomic E-state index is 3.51. The molecule has 0 amide bonds. The smallest absolute Gasteiger partial charge is 0.0213 e. The molecule has 1 aromatic rings. The van der Waals surface area contributed by atoms with Gasteiger partial charge in [0.2, 0.25) is 0 Å². The summed E-state index contributed by atoms with van der Waals surface area (Å²) in [4.78, 5) is 0. The summed E-state index contributed by atoms with van der Waals surface area (Å²) in [6.07, 6.45) is 1.18. The van der Waals surface area contributed by atoms with Gasteiger partial charge in [0.1, 0.15) is 0 Å². The van der Waals surface area contributed by atoms with E-state index in [-0.39, 0.29) is 0 Å². The molecule has 1 unspecified atom stereocenters. The highest BCUT2D eigenvalue weighted by atomic mass is 14.9. The normalized spacial score (nSPS) is 21.3. The maximum absolute atomic E-state index is 3.51. The first kappa shape index (κ1) is 8.76. The zero-order valence-corrected chi connectivity index (χ0v) is 8.65. The predicted molar refractivity (Wildman–Crippen MR) is 55.9 cm³/mol. The van der Waals surface area contributed by atoms with Crippen molar-refractivity contribution in [3.8, 4) is 0 Å². The van der Waals surface area contributed by atoms with Gasteiger partial charge in [0.15, 0.2) is 0 Å². The van der Waals surface area contributed by atoms with Gasteiger partial charge in [-0.05, 0) is 49.4 Å². The van der Waals surface area contributed by atoms with Crippen LogP contribution >= 0.6 is 0 Å². The number of fused-ring (bicyclic) bond motifs is 1. The van der Waals surface area contributed by atoms with E-state index in [0.29, 0.717) is 6.04 Å². The van der Waals surface area contributed by atoms with E-state index in [2.05, 4.69) is 38.2 Å². The van der Waals surface area contributed by atoms with Gasteiger partial charge >= 0.3 is 0 Å². The Hall–Kier alpha value is -0.820. The Bertz CT molecular complexity index is 328. The minimum atomic E-state index is 0.634. The van der Waals surface area contributed by atoms with Gasteiger partial charge in [0.25, 0.3) is 0 Å². The van der Waals surface area contributed by atoms with E-state index in [4.69, 9.17) is 0 Å². The Balaban J connectivity index is 2.47. The summed E-state index contributed by atoms with van der Waals surface area (Å²) in [5.74, 6) is 0. The molecule has 13 heavy (non-hydrogen) atoms. The lowest BCUT2D eigenvalue weighted by molar-refractivity contribution is 0.512. The summed E-state index contributed by atoms with van der Waals surface area (Å²) in [6, 6.07) is 5.16. The number of rotatable bonds is 0. The van der Waals surface area contributed by atoms with Gasteiger partial charge in [-0.1, -0.05) is 12.1 Å². The maximum Gasteiger partial charge on any atom is 0.0213 e. The molecule has 0 aromatic heterocycles. The summed E-state index contributed by atoms with van der Waals surface area (Å²) in [7, 11) is 0. The van der Waals surface area contributed by atoms with Crippen molar-refractivity contribution in [2.75, 3.05) is 0 Å². The standard InChI is InChI=1S/C12H17N/c1-8-4-5-11-6-9(2)13-7-12(11)10(8)3/h4-5,9,13H,6-7H2,1-3H3. The monoisotopic (exact) mass is 175 g/mol. The molecule has 2 rings (SSSR count). The van der Waals surface area contributed by atoms with Crippen molar-refractivity contribution in [2.45, 2.75) is 39.8 Å². The van der Waals surface area contributed by atoms with Gasteiger partial charge < -0.3 is 5.32 Å². The van der Waals surface area contributed by atoms with Crippen molar-refractivity contribution >= 4 is 0 Å². The van der Waals surface area contributed by atoms with Gasteiger partial charge in [-0.15, -0.1) is 0 Å². The molecule has 1 aliphatic heterocycles. The van der Waals surface area contributed by atoms with Crippen molar-refractivity contribution in [3.05, 3.63) is 34.4 Å². The summed E-state index contributed by atoms with van der Waals surface area (Å²) in [6.45, 7) is 7.71. The van der Waals surface area contributed by atoms with Gasteiger partial charge in [0, 0.05) is 12.6 Å². The fourth-order valence-corrected chi connectivity index (χ4v) is 2.05. The Labute approximate surface area is 80.2 Å². The summed E-state index contributed by atoms with van der Waals surface area (Å²) in [5.41, 5.74) is 5.94. The van der Waals surface area contributed by atoms with Crippen LogP contribution in [0.5, 0.6) is 0 Å². The van der Waals surface area contributed by atoms with Crippen LogP contribution in [-0.4, -0.2) is 6.04 Å². The van der Waals surface area contributed by atoms with Crippen molar-refractivity contribution in [1.29, 1.82) is 0 Å². The summed E-state index contributed by atoms with van der Waals surface area (Å²) in [5, 5.41) is 3.51. The van der Waals surface area contributed by atoms with Crippen LogP contribution in [0.25, 0.3) is 0 Å². The van der Waals surface area contributed by atoms with E-state index in [1.807, 2.05) is 0 Å². The van der Waals surface area contributed by atoms with Crippen molar-refractivity contribution in [3.63, 3.8) is 0 Å². The Morgan fingerprint density at radius 1 is 1.31 bits per heavy atom. The minimum Gasteiger partial charge on any atom is -0.310 e. The summed E-state index contributed by atoms with van der Waals surface area (Å²) < 4.78 is 0. The molecule has 0 saturated heterocycles. The molecule has 0 aliphatic carbocycles.